The summed E-state index contributed by atoms with van der Waals surface area (Å²) in [6.45, 7) is 6.97. The number of ether oxygens (including phenoxy) is 1. The average molecular weight is 295 g/mol. The number of benzene rings is 2. The van der Waals surface area contributed by atoms with Gasteiger partial charge >= 0.3 is 0 Å². The Hall–Kier alpha value is -2.22. The fourth-order valence-corrected chi connectivity index (χ4v) is 2.30. The van der Waals surface area contributed by atoms with Crippen LogP contribution in [0.3, 0.4) is 0 Å². The number of hydrogen-bond donors (Lipinski definition) is 1. The summed E-state index contributed by atoms with van der Waals surface area (Å²) in [7, 11) is 0. The third kappa shape index (κ3) is 4.96. The molecular formula is C20H25NO. The Balaban J connectivity index is 1.87. The molecule has 2 rings (SSSR count). The van der Waals surface area contributed by atoms with E-state index in [2.05, 4.69) is 55.6 Å². The van der Waals surface area contributed by atoms with Crippen molar-refractivity contribution in [2.45, 2.75) is 33.2 Å². The SMILES string of the molecule is C/C=C/C(CCOc1ccc(C)c(C)c1)Nc1ccccc1. The fraction of sp³-hybridized carbons (Fsp3) is 0.300. The number of hydrogen-bond acceptors (Lipinski definition) is 2. The van der Waals surface area contributed by atoms with Crippen LogP contribution in [0.25, 0.3) is 0 Å². The van der Waals surface area contributed by atoms with Gasteiger partial charge in [0.25, 0.3) is 0 Å². The molecule has 0 aliphatic rings. The molecule has 1 unspecified atom stereocenters. The monoisotopic (exact) mass is 295 g/mol. The Morgan fingerprint density at radius 3 is 2.50 bits per heavy atom. The highest BCUT2D eigenvalue weighted by atomic mass is 16.5. The zero-order chi connectivity index (χ0) is 15.8. The van der Waals surface area contributed by atoms with E-state index in [4.69, 9.17) is 4.74 Å². The molecule has 0 radical (unpaired) electrons. The Kier molecular flexibility index (Phi) is 6.08. The van der Waals surface area contributed by atoms with Crippen molar-refractivity contribution in [3.05, 3.63) is 71.8 Å². The Labute approximate surface area is 133 Å². The predicted octanol–water partition coefficient (Wildman–Crippen LogP) is 5.13. The molecule has 0 amide bonds. The van der Waals surface area contributed by atoms with E-state index in [1.165, 1.54) is 11.1 Å². The maximum atomic E-state index is 5.88. The van der Waals surface area contributed by atoms with Crippen molar-refractivity contribution in [1.82, 2.24) is 0 Å². The van der Waals surface area contributed by atoms with Crippen molar-refractivity contribution in [2.75, 3.05) is 11.9 Å². The summed E-state index contributed by atoms with van der Waals surface area (Å²) < 4.78 is 5.88. The summed E-state index contributed by atoms with van der Waals surface area (Å²) in [5.74, 6) is 0.946. The Morgan fingerprint density at radius 2 is 1.82 bits per heavy atom. The zero-order valence-electron chi connectivity index (χ0n) is 13.7. The van der Waals surface area contributed by atoms with Gasteiger partial charge in [-0.15, -0.1) is 0 Å². The molecule has 2 nitrogen and oxygen atoms in total. The highest BCUT2D eigenvalue weighted by Gasteiger charge is 2.05. The lowest BCUT2D eigenvalue weighted by Crippen LogP contribution is -2.19. The van der Waals surface area contributed by atoms with E-state index >= 15 is 0 Å². The van der Waals surface area contributed by atoms with Crippen LogP contribution in [0.2, 0.25) is 0 Å². The van der Waals surface area contributed by atoms with Gasteiger partial charge in [-0.1, -0.05) is 36.4 Å². The molecule has 22 heavy (non-hydrogen) atoms. The molecule has 1 N–H and O–H groups in total. The van der Waals surface area contributed by atoms with Crippen LogP contribution in [-0.2, 0) is 0 Å². The number of rotatable bonds is 7. The molecule has 0 heterocycles. The first-order chi connectivity index (χ1) is 10.7. The van der Waals surface area contributed by atoms with Gasteiger partial charge in [-0.2, -0.15) is 0 Å². The van der Waals surface area contributed by atoms with Gasteiger partial charge in [0, 0.05) is 18.2 Å². The summed E-state index contributed by atoms with van der Waals surface area (Å²) in [4.78, 5) is 0. The molecule has 0 bridgehead atoms. The molecule has 0 aliphatic carbocycles. The first-order valence-corrected chi connectivity index (χ1v) is 7.83. The van der Waals surface area contributed by atoms with Crippen LogP contribution < -0.4 is 10.1 Å². The molecular weight excluding hydrogens is 270 g/mol. The molecule has 2 aromatic rings. The smallest absolute Gasteiger partial charge is 0.119 e. The summed E-state index contributed by atoms with van der Waals surface area (Å²) >= 11 is 0. The first kappa shape index (κ1) is 16.2. The van der Waals surface area contributed by atoms with Crippen LogP contribution in [0.1, 0.15) is 24.5 Å². The van der Waals surface area contributed by atoms with Crippen molar-refractivity contribution in [2.24, 2.45) is 0 Å². The van der Waals surface area contributed by atoms with Gasteiger partial charge in [-0.3, -0.25) is 0 Å². The normalized spacial score (nSPS) is 12.3. The second kappa shape index (κ2) is 8.28. The highest BCUT2D eigenvalue weighted by molar-refractivity contribution is 5.44. The average Bonchev–Trinajstić information content (AvgIpc) is 2.52. The highest BCUT2D eigenvalue weighted by Crippen LogP contribution is 2.17. The van der Waals surface area contributed by atoms with Gasteiger partial charge in [0.1, 0.15) is 5.75 Å². The molecule has 116 valence electrons. The topological polar surface area (TPSA) is 21.3 Å². The van der Waals surface area contributed by atoms with E-state index in [1.807, 2.05) is 31.2 Å². The van der Waals surface area contributed by atoms with E-state index < -0.39 is 0 Å². The summed E-state index contributed by atoms with van der Waals surface area (Å²) in [5.41, 5.74) is 3.70. The van der Waals surface area contributed by atoms with E-state index in [0.717, 1.165) is 17.9 Å². The second-order valence-corrected chi connectivity index (χ2v) is 5.53. The fourth-order valence-electron chi connectivity index (χ4n) is 2.30. The van der Waals surface area contributed by atoms with Gasteiger partial charge in [0.05, 0.1) is 6.61 Å². The molecule has 0 fully saturated rings. The lowest BCUT2D eigenvalue weighted by Gasteiger charge is -2.17. The van der Waals surface area contributed by atoms with E-state index in [0.29, 0.717) is 6.61 Å². The summed E-state index contributed by atoms with van der Waals surface area (Å²) in [6, 6.07) is 16.8. The van der Waals surface area contributed by atoms with Crippen molar-refractivity contribution in [3.63, 3.8) is 0 Å². The largest absolute Gasteiger partial charge is 0.493 e. The van der Waals surface area contributed by atoms with Gasteiger partial charge in [0.15, 0.2) is 0 Å². The molecule has 0 saturated heterocycles. The number of aryl methyl sites for hydroxylation is 2. The number of anilines is 1. The third-order valence-corrected chi connectivity index (χ3v) is 3.73. The van der Waals surface area contributed by atoms with Gasteiger partial charge < -0.3 is 10.1 Å². The lowest BCUT2D eigenvalue weighted by molar-refractivity contribution is 0.307. The first-order valence-electron chi connectivity index (χ1n) is 7.83. The third-order valence-electron chi connectivity index (χ3n) is 3.73. The van der Waals surface area contributed by atoms with Gasteiger partial charge in [0.2, 0.25) is 0 Å². The maximum Gasteiger partial charge on any atom is 0.119 e. The van der Waals surface area contributed by atoms with Crippen LogP contribution in [0.15, 0.2) is 60.7 Å². The summed E-state index contributed by atoms with van der Waals surface area (Å²) in [6.07, 6.45) is 5.18. The molecule has 0 saturated carbocycles. The predicted molar refractivity (Wildman–Crippen MR) is 94.7 cm³/mol. The Morgan fingerprint density at radius 1 is 1.05 bits per heavy atom. The van der Waals surface area contributed by atoms with Crippen molar-refractivity contribution < 1.29 is 4.74 Å². The van der Waals surface area contributed by atoms with Crippen LogP contribution >= 0.6 is 0 Å². The molecule has 1 atom stereocenters. The molecule has 0 spiro atoms. The quantitative estimate of drug-likeness (QED) is 0.715. The van der Waals surface area contributed by atoms with Crippen LogP contribution in [0, 0.1) is 13.8 Å². The molecule has 0 aliphatic heterocycles. The van der Waals surface area contributed by atoms with E-state index in [9.17, 15) is 0 Å². The second-order valence-electron chi connectivity index (χ2n) is 5.53. The van der Waals surface area contributed by atoms with Crippen molar-refractivity contribution in [1.29, 1.82) is 0 Å². The number of nitrogens with one attached hydrogen (secondary N) is 1. The molecule has 2 heteroatoms. The lowest BCUT2D eigenvalue weighted by atomic mass is 10.1. The molecule has 2 aromatic carbocycles. The van der Waals surface area contributed by atoms with Crippen molar-refractivity contribution >= 4 is 5.69 Å². The van der Waals surface area contributed by atoms with Crippen LogP contribution in [0.4, 0.5) is 5.69 Å². The molecule has 0 aromatic heterocycles. The minimum Gasteiger partial charge on any atom is -0.493 e. The van der Waals surface area contributed by atoms with Crippen molar-refractivity contribution in [3.8, 4) is 5.75 Å². The standard InChI is InChI=1S/C20H25NO/c1-4-8-18(21-19-9-6-5-7-10-19)13-14-22-20-12-11-16(2)17(3)15-20/h4-12,15,18,21H,13-14H2,1-3H3/b8-4+. The minimum absolute atomic E-state index is 0.277. The van der Waals surface area contributed by atoms with Gasteiger partial charge in [-0.05, 0) is 56.2 Å². The number of para-hydroxylation sites is 1. The Bertz CT molecular complexity index is 604. The summed E-state index contributed by atoms with van der Waals surface area (Å²) in [5, 5.41) is 3.52. The zero-order valence-corrected chi connectivity index (χ0v) is 13.7. The van der Waals surface area contributed by atoms with Gasteiger partial charge in [-0.25, -0.2) is 0 Å². The maximum absolute atomic E-state index is 5.88. The van der Waals surface area contributed by atoms with Crippen LogP contribution in [-0.4, -0.2) is 12.6 Å². The van der Waals surface area contributed by atoms with E-state index in [-0.39, 0.29) is 6.04 Å². The van der Waals surface area contributed by atoms with Crippen LogP contribution in [0.5, 0.6) is 5.75 Å². The minimum atomic E-state index is 0.277. The van der Waals surface area contributed by atoms with E-state index in [1.54, 1.807) is 0 Å². The number of allylic oxidation sites excluding steroid dienone is 1.